The van der Waals surface area contributed by atoms with Gasteiger partial charge in [0.1, 0.15) is 11.4 Å². The van der Waals surface area contributed by atoms with E-state index in [2.05, 4.69) is 4.98 Å². The highest BCUT2D eigenvalue weighted by Gasteiger charge is 2.28. The van der Waals surface area contributed by atoms with Gasteiger partial charge in [-0.25, -0.2) is 0 Å². The maximum atomic E-state index is 12.3. The van der Waals surface area contributed by atoms with Gasteiger partial charge in [-0.05, 0) is 32.1 Å². The van der Waals surface area contributed by atoms with Gasteiger partial charge in [-0.1, -0.05) is 11.6 Å². The molecule has 3 heterocycles. The summed E-state index contributed by atoms with van der Waals surface area (Å²) in [4.78, 5) is 16.4. The maximum absolute atomic E-state index is 12.3. The molecule has 5 nitrogen and oxygen atoms in total. The Balaban J connectivity index is 2.30. The van der Waals surface area contributed by atoms with Crippen LogP contribution in [-0.4, -0.2) is 15.2 Å². The number of nitrogens with two attached hydrogens (primary N) is 1. The van der Waals surface area contributed by atoms with Gasteiger partial charge in [0.25, 0.3) is 5.56 Å². The normalized spacial score (nSPS) is 15.9. The minimum Gasteiger partial charge on any atom is -0.481 e. The van der Waals surface area contributed by atoms with Crippen molar-refractivity contribution < 1.29 is 4.74 Å². The molecule has 0 spiro atoms. The fourth-order valence-electron chi connectivity index (χ4n) is 2.34. The van der Waals surface area contributed by atoms with E-state index in [1.54, 1.807) is 24.7 Å². The van der Waals surface area contributed by atoms with E-state index >= 15 is 0 Å². The summed E-state index contributed by atoms with van der Waals surface area (Å²) >= 11 is 6.03. The fraction of sp³-hybridized carbons (Fsp3) is 0.200. The van der Waals surface area contributed by atoms with Crippen molar-refractivity contribution in [1.82, 2.24) is 9.55 Å². The highest BCUT2D eigenvalue weighted by atomic mass is 35.5. The lowest BCUT2D eigenvalue weighted by molar-refractivity contribution is 0.156. The van der Waals surface area contributed by atoms with Gasteiger partial charge in [0.2, 0.25) is 0 Å². The van der Waals surface area contributed by atoms with Crippen LogP contribution in [0.2, 0.25) is 5.02 Å². The van der Waals surface area contributed by atoms with E-state index in [9.17, 15) is 4.79 Å². The molecule has 0 fully saturated rings. The molecule has 2 N–H and O–H groups in total. The minimum atomic E-state index is -0.568. The molecule has 0 saturated carbocycles. The number of hydrogen-bond acceptors (Lipinski definition) is 4. The van der Waals surface area contributed by atoms with Crippen molar-refractivity contribution >= 4 is 23.0 Å². The molecule has 21 heavy (non-hydrogen) atoms. The first-order valence-corrected chi connectivity index (χ1v) is 6.79. The molecule has 1 aliphatic heterocycles. The molecule has 0 radical (unpaired) electrons. The smallest absolute Gasteiger partial charge is 0.278 e. The lowest BCUT2D eigenvalue weighted by Crippen LogP contribution is -2.32. The molecule has 6 heteroatoms. The average molecular weight is 304 g/mol. The SMILES string of the molecule is CC1(C)C=C(n2cc(Cl)cc(N)c2=O)c2ccncc2O1. The number of anilines is 1. The number of pyridine rings is 2. The summed E-state index contributed by atoms with van der Waals surface area (Å²) in [5.74, 6) is 0.616. The highest BCUT2D eigenvalue weighted by molar-refractivity contribution is 6.30. The topological polar surface area (TPSA) is 70.1 Å². The Morgan fingerprint density at radius 2 is 2.19 bits per heavy atom. The number of fused-ring (bicyclic) bond motifs is 1. The van der Waals surface area contributed by atoms with Crippen LogP contribution in [0.3, 0.4) is 0 Å². The Kier molecular flexibility index (Phi) is 3.02. The van der Waals surface area contributed by atoms with E-state index < -0.39 is 5.60 Å². The molecular weight excluding hydrogens is 290 g/mol. The second kappa shape index (κ2) is 4.63. The quantitative estimate of drug-likeness (QED) is 0.879. The molecule has 0 aliphatic carbocycles. The summed E-state index contributed by atoms with van der Waals surface area (Å²) in [7, 11) is 0. The van der Waals surface area contributed by atoms with Gasteiger partial charge in [-0.3, -0.25) is 14.3 Å². The number of rotatable bonds is 1. The van der Waals surface area contributed by atoms with Crippen molar-refractivity contribution in [1.29, 1.82) is 0 Å². The number of nitrogens with zero attached hydrogens (tertiary/aromatic N) is 2. The standard InChI is InChI=1S/C15H14ClN3O2/c1-15(2)6-12(10-3-4-18-7-13(10)21-15)19-8-9(16)5-11(17)14(19)20/h3-8H,17H2,1-2H3. The van der Waals surface area contributed by atoms with Crippen molar-refractivity contribution in [2.45, 2.75) is 19.4 Å². The molecule has 0 atom stereocenters. The van der Waals surface area contributed by atoms with Crippen LogP contribution in [0.5, 0.6) is 5.75 Å². The van der Waals surface area contributed by atoms with Crippen LogP contribution in [0.1, 0.15) is 19.4 Å². The first-order chi connectivity index (χ1) is 9.87. The lowest BCUT2D eigenvalue weighted by Gasteiger charge is -2.31. The number of hydrogen-bond donors (Lipinski definition) is 1. The van der Waals surface area contributed by atoms with Gasteiger partial charge in [0.15, 0.2) is 0 Å². The molecule has 0 bridgehead atoms. The Morgan fingerprint density at radius 3 is 2.95 bits per heavy atom. The average Bonchev–Trinajstić information content (AvgIpc) is 2.41. The number of nitrogen functional groups attached to an aromatic ring is 1. The summed E-state index contributed by atoms with van der Waals surface area (Å²) in [5.41, 5.74) is 6.40. The highest BCUT2D eigenvalue weighted by Crippen LogP contribution is 2.35. The van der Waals surface area contributed by atoms with Gasteiger partial charge in [-0.2, -0.15) is 0 Å². The fourth-order valence-corrected chi connectivity index (χ4v) is 2.55. The largest absolute Gasteiger partial charge is 0.481 e. The molecule has 2 aromatic rings. The molecule has 0 saturated heterocycles. The Morgan fingerprint density at radius 1 is 1.43 bits per heavy atom. The van der Waals surface area contributed by atoms with E-state index in [0.29, 0.717) is 16.5 Å². The Bertz CT molecular complexity index is 809. The van der Waals surface area contributed by atoms with Gasteiger partial charge in [-0.15, -0.1) is 0 Å². The van der Waals surface area contributed by atoms with Crippen LogP contribution in [0.25, 0.3) is 5.70 Å². The zero-order valence-electron chi connectivity index (χ0n) is 11.6. The first-order valence-electron chi connectivity index (χ1n) is 6.42. The molecule has 0 unspecified atom stereocenters. The van der Waals surface area contributed by atoms with Crippen molar-refractivity contribution in [3.05, 3.63) is 57.7 Å². The third-order valence-corrected chi connectivity index (χ3v) is 3.40. The third-order valence-electron chi connectivity index (χ3n) is 3.19. The summed E-state index contributed by atoms with van der Waals surface area (Å²) < 4.78 is 7.30. The van der Waals surface area contributed by atoms with Crippen LogP contribution in [-0.2, 0) is 0 Å². The third kappa shape index (κ3) is 2.40. The Hall–Kier alpha value is -2.27. The first kappa shape index (κ1) is 13.7. The monoisotopic (exact) mass is 303 g/mol. The van der Waals surface area contributed by atoms with Crippen LogP contribution in [0.15, 0.2) is 41.6 Å². The molecule has 0 amide bonds. The number of halogens is 1. The van der Waals surface area contributed by atoms with Crippen molar-refractivity contribution in [3.8, 4) is 5.75 Å². The second-order valence-corrected chi connectivity index (χ2v) is 5.83. The van der Waals surface area contributed by atoms with Gasteiger partial charge in [0, 0.05) is 18.0 Å². The van der Waals surface area contributed by atoms with E-state index in [-0.39, 0.29) is 11.2 Å². The van der Waals surface area contributed by atoms with E-state index in [1.807, 2.05) is 19.9 Å². The zero-order valence-corrected chi connectivity index (χ0v) is 12.4. The molecule has 1 aliphatic rings. The second-order valence-electron chi connectivity index (χ2n) is 5.40. The van der Waals surface area contributed by atoms with Crippen LogP contribution < -0.4 is 16.0 Å². The van der Waals surface area contributed by atoms with Gasteiger partial charge in [0.05, 0.1) is 22.6 Å². The van der Waals surface area contributed by atoms with Crippen LogP contribution >= 0.6 is 11.6 Å². The molecular formula is C15H14ClN3O2. The van der Waals surface area contributed by atoms with Crippen LogP contribution in [0, 0.1) is 0 Å². The number of ether oxygens (including phenoxy) is 1. The lowest BCUT2D eigenvalue weighted by atomic mass is 10.00. The maximum Gasteiger partial charge on any atom is 0.278 e. The minimum absolute atomic E-state index is 0.100. The summed E-state index contributed by atoms with van der Waals surface area (Å²) in [6.07, 6.45) is 6.69. The zero-order chi connectivity index (χ0) is 15.2. The van der Waals surface area contributed by atoms with Crippen molar-refractivity contribution in [2.24, 2.45) is 0 Å². The van der Waals surface area contributed by atoms with Crippen LogP contribution in [0.4, 0.5) is 5.69 Å². The predicted molar refractivity (Wildman–Crippen MR) is 82.4 cm³/mol. The van der Waals surface area contributed by atoms with Crippen molar-refractivity contribution in [2.75, 3.05) is 5.73 Å². The molecule has 0 aromatic carbocycles. The molecule has 2 aromatic heterocycles. The Labute approximate surface area is 126 Å². The summed E-state index contributed by atoms with van der Waals surface area (Å²) in [5, 5.41) is 0.396. The van der Waals surface area contributed by atoms with Crippen molar-refractivity contribution in [3.63, 3.8) is 0 Å². The predicted octanol–water partition coefficient (Wildman–Crippen LogP) is 2.54. The van der Waals surface area contributed by atoms with Gasteiger partial charge < -0.3 is 10.5 Å². The summed E-state index contributed by atoms with van der Waals surface area (Å²) in [6, 6.07) is 3.23. The van der Waals surface area contributed by atoms with E-state index in [1.165, 1.54) is 10.6 Å². The molecule has 3 rings (SSSR count). The van der Waals surface area contributed by atoms with E-state index in [0.717, 1.165) is 5.56 Å². The van der Waals surface area contributed by atoms with E-state index in [4.69, 9.17) is 22.1 Å². The molecule has 108 valence electrons. The number of aromatic nitrogens is 2. The van der Waals surface area contributed by atoms with Gasteiger partial charge >= 0.3 is 0 Å². The summed E-state index contributed by atoms with van der Waals surface area (Å²) in [6.45, 7) is 3.81.